The van der Waals surface area contributed by atoms with Gasteiger partial charge in [-0.25, -0.2) is 4.98 Å². The van der Waals surface area contributed by atoms with E-state index in [9.17, 15) is 15.4 Å². The molecule has 3 rings (SSSR count). The average Bonchev–Trinajstić information content (AvgIpc) is 2.77. The Balaban J connectivity index is 2.35. The molecular formula is C21H18N4O5. The molecule has 2 N–H and O–H groups in total. The van der Waals surface area contributed by atoms with Crippen LogP contribution in [0.5, 0.6) is 17.2 Å². The summed E-state index contributed by atoms with van der Waals surface area (Å²) in [6, 6.07) is 13.1. The summed E-state index contributed by atoms with van der Waals surface area (Å²) in [5.74, 6) is 1.21. The molecular weight excluding hydrogens is 388 g/mol. The van der Waals surface area contributed by atoms with E-state index in [0.29, 0.717) is 28.4 Å². The number of hydrogen-bond acceptors (Lipinski definition) is 8. The summed E-state index contributed by atoms with van der Waals surface area (Å²) in [5.41, 5.74) is 7.47. The molecule has 0 fully saturated rings. The molecule has 0 bridgehead atoms. The number of methoxy groups -OCH3 is 3. The molecule has 1 heterocycles. The summed E-state index contributed by atoms with van der Waals surface area (Å²) in [6.07, 6.45) is 0. The number of ether oxygens (including phenoxy) is 3. The summed E-state index contributed by atoms with van der Waals surface area (Å²) in [6.45, 7) is 0. The second-order valence-corrected chi connectivity index (χ2v) is 6.11. The van der Waals surface area contributed by atoms with E-state index < -0.39 is 4.92 Å². The first-order valence-corrected chi connectivity index (χ1v) is 8.69. The molecule has 9 heteroatoms. The van der Waals surface area contributed by atoms with Crippen molar-refractivity contribution in [2.45, 2.75) is 0 Å². The highest BCUT2D eigenvalue weighted by atomic mass is 16.6. The fourth-order valence-electron chi connectivity index (χ4n) is 3.12. The molecule has 2 aromatic carbocycles. The van der Waals surface area contributed by atoms with Gasteiger partial charge in [-0.3, -0.25) is 10.1 Å². The van der Waals surface area contributed by atoms with Gasteiger partial charge in [0.15, 0.2) is 11.5 Å². The Bertz CT molecular complexity index is 1170. The molecule has 0 aliphatic carbocycles. The standard InChI is InChI=1S/C21H18N4O5/c1-28-18-10-20(30-3)19(29-2)9-14(18)13-8-16(24-21(23)15(13)11-22)12-6-4-5-7-17(12)25(26)27/h4-10H,1-3H3,(H2,23,24). The van der Waals surface area contributed by atoms with Gasteiger partial charge in [0.05, 0.1) is 37.5 Å². The van der Waals surface area contributed by atoms with Crippen LogP contribution in [0.3, 0.4) is 0 Å². The molecule has 1 aromatic heterocycles. The van der Waals surface area contributed by atoms with Crippen LogP contribution < -0.4 is 19.9 Å². The number of hydrogen-bond donors (Lipinski definition) is 1. The first kappa shape index (κ1) is 20.4. The van der Waals surface area contributed by atoms with Crippen LogP contribution in [-0.2, 0) is 0 Å². The lowest BCUT2D eigenvalue weighted by atomic mass is 9.96. The molecule has 0 aliphatic heterocycles. The van der Waals surface area contributed by atoms with Crippen LogP contribution in [0.1, 0.15) is 5.56 Å². The zero-order valence-electron chi connectivity index (χ0n) is 16.5. The van der Waals surface area contributed by atoms with Crippen LogP contribution in [0, 0.1) is 21.4 Å². The number of nitrogen functional groups attached to an aromatic ring is 1. The Morgan fingerprint density at radius 2 is 1.60 bits per heavy atom. The third-order valence-corrected chi connectivity index (χ3v) is 4.53. The molecule has 0 amide bonds. The van der Waals surface area contributed by atoms with Crippen LogP contribution in [0.4, 0.5) is 11.5 Å². The second-order valence-electron chi connectivity index (χ2n) is 6.11. The minimum absolute atomic E-state index is 0.0556. The number of nitro groups is 1. The van der Waals surface area contributed by atoms with Crippen molar-refractivity contribution in [2.75, 3.05) is 27.1 Å². The third kappa shape index (κ3) is 3.54. The number of anilines is 1. The molecule has 0 atom stereocenters. The summed E-state index contributed by atoms with van der Waals surface area (Å²) in [7, 11) is 4.46. The van der Waals surface area contributed by atoms with E-state index in [0.717, 1.165) is 0 Å². The van der Waals surface area contributed by atoms with Gasteiger partial charge in [0.1, 0.15) is 23.2 Å². The number of pyridine rings is 1. The van der Waals surface area contributed by atoms with Crippen molar-refractivity contribution in [3.8, 4) is 45.7 Å². The van der Waals surface area contributed by atoms with Gasteiger partial charge in [-0.1, -0.05) is 12.1 Å². The zero-order chi connectivity index (χ0) is 21.8. The number of para-hydroxylation sites is 1. The predicted octanol–water partition coefficient (Wildman–Crippen LogP) is 3.80. The Morgan fingerprint density at radius 1 is 0.967 bits per heavy atom. The van der Waals surface area contributed by atoms with E-state index in [1.807, 2.05) is 6.07 Å². The van der Waals surface area contributed by atoms with Crippen molar-refractivity contribution in [1.82, 2.24) is 4.98 Å². The van der Waals surface area contributed by atoms with Gasteiger partial charge < -0.3 is 19.9 Å². The van der Waals surface area contributed by atoms with Gasteiger partial charge in [0, 0.05) is 23.3 Å². The highest BCUT2D eigenvalue weighted by Crippen LogP contribution is 2.43. The lowest BCUT2D eigenvalue weighted by Gasteiger charge is -2.16. The van der Waals surface area contributed by atoms with E-state index in [4.69, 9.17) is 19.9 Å². The number of nitriles is 1. The van der Waals surface area contributed by atoms with E-state index in [2.05, 4.69) is 4.98 Å². The quantitative estimate of drug-likeness (QED) is 0.482. The van der Waals surface area contributed by atoms with Crippen molar-refractivity contribution >= 4 is 11.5 Å². The maximum atomic E-state index is 11.5. The molecule has 0 aliphatic rings. The molecule has 9 nitrogen and oxygen atoms in total. The fraction of sp³-hybridized carbons (Fsp3) is 0.143. The van der Waals surface area contributed by atoms with E-state index in [1.54, 1.807) is 36.4 Å². The van der Waals surface area contributed by atoms with Gasteiger partial charge in [0.25, 0.3) is 5.69 Å². The third-order valence-electron chi connectivity index (χ3n) is 4.53. The van der Waals surface area contributed by atoms with Gasteiger partial charge in [0.2, 0.25) is 0 Å². The normalized spacial score (nSPS) is 10.2. The highest BCUT2D eigenvalue weighted by molar-refractivity contribution is 5.85. The highest BCUT2D eigenvalue weighted by Gasteiger charge is 2.22. The van der Waals surface area contributed by atoms with Gasteiger partial charge in [-0.15, -0.1) is 0 Å². The fourth-order valence-corrected chi connectivity index (χ4v) is 3.12. The Hall–Kier alpha value is -4.32. The van der Waals surface area contributed by atoms with Crippen LogP contribution in [0.15, 0.2) is 42.5 Å². The first-order valence-electron chi connectivity index (χ1n) is 8.69. The monoisotopic (exact) mass is 406 g/mol. The molecule has 0 unspecified atom stereocenters. The van der Waals surface area contributed by atoms with Crippen LogP contribution in [-0.4, -0.2) is 31.2 Å². The largest absolute Gasteiger partial charge is 0.496 e. The van der Waals surface area contributed by atoms with Gasteiger partial charge >= 0.3 is 0 Å². The summed E-state index contributed by atoms with van der Waals surface area (Å²) in [5, 5.41) is 21.1. The van der Waals surface area contributed by atoms with Crippen molar-refractivity contribution in [3.63, 3.8) is 0 Å². The molecule has 3 aromatic rings. The van der Waals surface area contributed by atoms with Crippen LogP contribution >= 0.6 is 0 Å². The molecule has 0 saturated heterocycles. The topological polar surface area (TPSA) is 134 Å². The number of nitrogens with two attached hydrogens (primary N) is 1. The maximum absolute atomic E-state index is 11.5. The first-order chi connectivity index (χ1) is 14.4. The number of rotatable bonds is 6. The van der Waals surface area contributed by atoms with Crippen LogP contribution in [0.25, 0.3) is 22.4 Å². The smallest absolute Gasteiger partial charge is 0.278 e. The van der Waals surface area contributed by atoms with Crippen LogP contribution in [0.2, 0.25) is 0 Å². The van der Waals surface area contributed by atoms with E-state index in [-0.39, 0.29) is 28.3 Å². The molecule has 0 radical (unpaired) electrons. The lowest BCUT2D eigenvalue weighted by Crippen LogP contribution is -2.02. The summed E-state index contributed by atoms with van der Waals surface area (Å²) >= 11 is 0. The molecule has 30 heavy (non-hydrogen) atoms. The number of aromatic nitrogens is 1. The van der Waals surface area contributed by atoms with Crippen molar-refractivity contribution in [3.05, 3.63) is 58.1 Å². The second kappa shape index (κ2) is 8.36. The van der Waals surface area contributed by atoms with Gasteiger partial charge in [-0.2, -0.15) is 5.26 Å². The maximum Gasteiger partial charge on any atom is 0.278 e. The lowest BCUT2D eigenvalue weighted by molar-refractivity contribution is -0.384. The van der Waals surface area contributed by atoms with Crippen molar-refractivity contribution in [2.24, 2.45) is 0 Å². The SMILES string of the molecule is COc1cc(OC)c(-c2cc(-c3ccccc3[N+](=O)[O-])nc(N)c2C#N)cc1OC. The van der Waals surface area contributed by atoms with Gasteiger partial charge in [-0.05, 0) is 18.2 Å². The number of nitrogens with zero attached hydrogens (tertiary/aromatic N) is 3. The Morgan fingerprint density at radius 3 is 2.20 bits per heavy atom. The van der Waals surface area contributed by atoms with Crippen molar-refractivity contribution in [1.29, 1.82) is 5.26 Å². The summed E-state index contributed by atoms with van der Waals surface area (Å²) < 4.78 is 16.1. The van der Waals surface area contributed by atoms with Crippen molar-refractivity contribution < 1.29 is 19.1 Å². The Kier molecular flexibility index (Phi) is 5.69. The zero-order valence-corrected chi connectivity index (χ0v) is 16.5. The minimum atomic E-state index is -0.498. The molecule has 0 spiro atoms. The summed E-state index contributed by atoms with van der Waals surface area (Å²) in [4.78, 5) is 15.2. The van der Waals surface area contributed by atoms with E-state index in [1.165, 1.54) is 27.4 Å². The van der Waals surface area contributed by atoms with E-state index >= 15 is 0 Å². The average molecular weight is 406 g/mol. The number of benzene rings is 2. The molecule has 152 valence electrons. The minimum Gasteiger partial charge on any atom is -0.496 e. The molecule has 0 saturated carbocycles. The predicted molar refractivity (Wildman–Crippen MR) is 111 cm³/mol. The Labute approximate surface area is 172 Å². The number of nitro benzene ring substituents is 1.